The SMILES string of the molecule is CC1(O)CC2CC3(C1)CC(OC(=O)COC(=O)C1C4CC5C(OC(=O)C51)C4O)(C2)C3. The van der Waals surface area contributed by atoms with Crippen molar-refractivity contribution >= 4 is 17.9 Å². The molecular formula is C22H28O8. The van der Waals surface area contributed by atoms with Gasteiger partial charge in [-0.05, 0) is 63.2 Å². The zero-order valence-corrected chi connectivity index (χ0v) is 17.0. The largest absolute Gasteiger partial charge is 0.459 e. The summed E-state index contributed by atoms with van der Waals surface area (Å²) in [5, 5.41) is 20.8. The Labute approximate surface area is 174 Å². The topological polar surface area (TPSA) is 119 Å². The van der Waals surface area contributed by atoms with E-state index in [-0.39, 0.29) is 17.3 Å². The summed E-state index contributed by atoms with van der Waals surface area (Å²) >= 11 is 0. The van der Waals surface area contributed by atoms with Crippen molar-refractivity contribution < 1.29 is 38.8 Å². The van der Waals surface area contributed by atoms with Crippen molar-refractivity contribution in [2.24, 2.45) is 35.0 Å². The van der Waals surface area contributed by atoms with Gasteiger partial charge in [0.1, 0.15) is 11.7 Å². The molecule has 8 unspecified atom stereocenters. The summed E-state index contributed by atoms with van der Waals surface area (Å²) in [7, 11) is 0. The van der Waals surface area contributed by atoms with Crippen molar-refractivity contribution in [1.82, 2.24) is 0 Å². The first-order chi connectivity index (χ1) is 14.1. The van der Waals surface area contributed by atoms with Crippen LogP contribution in [0, 0.1) is 35.0 Å². The Hall–Kier alpha value is -1.67. The Morgan fingerprint density at radius 1 is 1.17 bits per heavy atom. The van der Waals surface area contributed by atoms with Gasteiger partial charge in [0.15, 0.2) is 6.61 Å². The molecule has 6 saturated carbocycles. The maximum atomic E-state index is 12.7. The molecule has 1 aliphatic heterocycles. The quantitative estimate of drug-likeness (QED) is 0.504. The number of aliphatic hydroxyl groups excluding tert-OH is 1. The second-order valence-electron chi connectivity index (χ2n) is 11.3. The van der Waals surface area contributed by atoms with Gasteiger partial charge in [-0.1, -0.05) is 0 Å². The molecule has 5 bridgehead atoms. The molecule has 8 nitrogen and oxygen atoms in total. The van der Waals surface area contributed by atoms with E-state index >= 15 is 0 Å². The lowest BCUT2D eigenvalue weighted by Crippen LogP contribution is -2.65. The minimum absolute atomic E-state index is 0.0697. The van der Waals surface area contributed by atoms with Gasteiger partial charge in [-0.15, -0.1) is 0 Å². The highest BCUT2D eigenvalue weighted by Gasteiger charge is 2.69. The fourth-order valence-corrected chi connectivity index (χ4v) is 8.61. The Morgan fingerprint density at radius 2 is 1.93 bits per heavy atom. The van der Waals surface area contributed by atoms with Crippen molar-refractivity contribution in [3.63, 3.8) is 0 Å². The molecule has 0 aromatic carbocycles. The standard InChI is InChI=1S/C22H28O8/c1-20(27)3-10-4-21(7-20)8-22(5-10,9-21)30-13(23)6-28-18(25)14-11-2-12-15(14)19(26)29-17(12)16(11)24/h10-12,14-17,24,27H,2-9H2,1H3. The van der Waals surface area contributed by atoms with Gasteiger partial charge in [0.25, 0.3) is 0 Å². The predicted octanol–water partition coefficient (Wildman–Crippen LogP) is 0.715. The van der Waals surface area contributed by atoms with Gasteiger partial charge < -0.3 is 24.4 Å². The van der Waals surface area contributed by atoms with E-state index in [1.165, 1.54) is 0 Å². The highest BCUT2D eigenvalue weighted by molar-refractivity contribution is 5.87. The van der Waals surface area contributed by atoms with Crippen molar-refractivity contribution in [2.75, 3.05) is 6.61 Å². The number of fused-ring (bicyclic) bond motifs is 1. The fourth-order valence-electron chi connectivity index (χ4n) is 8.61. The maximum Gasteiger partial charge on any atom is 0.344 e. The van der Waals surface area contributed by atoms with Crippen LogP contribution in [0.4, 0.5) is 0 Å². The molecule has 0 aromatic rings. The normalized spacial score (nSPS) is 54.4. The van der Waals surface area contributed by atoms with Crippen LogP contribution in [-0.2, 0) is 28.6 Å². The zero-order chi connectivity index (χ0) is 21.1. The van der Waals surface area contributed by atoms with E-state index in [2.05, 4.69) is 0 Å². The van der Waals surface area contributed by atoms with Crippen molar-refractivity contribution in [1.29, 1.82) is 0 Å². The van der Waals surface area contributed by atoms with Crippen LogP contribution in [0.3, 0.4) is 0 Å². The third kappa shape index (κ3) is 2.55. The van der Waals surface area contributed by atoms with Crippen LogP contribution >= 0.6 is 0 Å². The molecule has 164 valence electrons. The number of hydrogen-bond acceptors (Lipinski definition) is 8. The third-order valence-electron chi connectivity index (χ3n) is 8.77. The molecule has 0 aromatic heterocycles. The molecule has 30 heavy (non-hydrogen) atoms. The average molecular weight is 420 g/mol. The summed E-state index contributed by atoms with van der Waals surface area (Å²) in [6.45, 7) is 1.41. The summed E-state index contributed by atoms with van der Waals surface area (Å²) in [5.41, 5.74) is -1.06. The van der Waals surface area contributed by atoms with E-state index in [1.807, 2.05) is 6.92 Å². The summed E-state index contributed by atoms with van der Waals surface area (Å²) in [6, 6.07) is 0. The first-order valence-electron chi connectivity index (χ1n) is 11.1. The highest BCUT2D eigenvalue weighted by Crippen LogP contribution is 2.68. The van der Waals surface area contributed by atoms with E-state index in [1.54, 1.807) is 0 Å². The molecule has 0 amide bonds. The van der Waals surface area contributed by atoms with Gasteiger partial charge >= 0.3 is 17.9 Å². The summed E-state index contributed by atoms with van der Waals surface area (Å²) in [4.78, 5) is 37.2. The maximum absolute atomic E-state index is 12.7. The number of aliphatic hydroxyl groups is 2. The minimum atomic E-state index is -0.842. The van der Waals surface area contributed by atoms with Gasteiger partial charge in [0, 0.05) is 11.8 Å². The molecule has 8 atom stereocenters. The average Bonchev–Trinajstić information content (AvgIpc) is 3.20. The molecule has 2 N–H and O–H groups in total. The van der Waals surface area contributed by atoms with Crippen molar-refractivity contribution in [2.45, 2.75) is 75.3 Å². The fraction of sp³-hybridized carbons (Fsp3) is 0.864. The van der Waals surface area contributed by atoms with Crippen molar-refractivity contribution in [3.05, 3.63) is 0 Å². The molecule has 7 fully saturated rings. The zero-order valence-electron chi connectivity index (χ0n) is 17.0. The van der Waals surface area contributed by atoms with Gasteiger partial charge in [0.05, 0.1) is 23.5 Å². The number of rotatable bonds is 4. The van der Waals surface area contributed by atoms with Gasteiger partial charge in [-0.3, -0.25) is 9.59 Å². The minimum Gasteiger partial charge on any atom is -0.459 e. The van der Waals surface area contributed by atoms with E-state index in [0.29, 0.717) is 12.3 Å². The lowest BCUT2D eigenvalue weighted by Gasteiger charge is -2.66. The Kier molecular flexibility index (Phi) is 3.66. The second kappa shape index (κ2) is 5.76. The molecule has 6 aliphatic carbocycles. The number of carbonyl (C=O) groups excluding carboxylic acids is 3. The Balaban J connectivity index is 1.06. The number of carbonyl (C=O) groups is 3. The van der Waals surface area contributed by atoms with E-state index in [0.717, 1.165) is 38.5 Å². The Bertz CT molecular complexity index is 819. The summed E-state index contributed by atoms with van der Waals surface area (Å²) in [5.74, 6) is -3.09. The van der Waals surface area contributed by atoms with Gasteiger partial charge in [-0.2, -0.15) is 0 Å². The van der Waals surface area contributed by atoms with Crippen LogP contribution in [0.5, 0.6) is 0 Å². The molecule has 1 saturated heterocycles. The first-order valence-corrected chi connectivity index (χ1v) is 11.1. The second-order valence-corrected chi connectivity index (χ2v) is 11.3. The number of ether oxygens (including phenoxy) is 3. The van der Waals surface area contributed by atoms with Crippen LogP contribution < -0.4 is 0 Å². The molecule has 7 rings (SSSR count). The van der Waals surface area contributed by atoms with Crippen LogP contribution in [0.15, 0.2) is 0 Å². The van der Waals surface area contributed by atoms with E-state index in [4.69, 9.17) is 14.2 Å². The number of esters is 3. The van der Waals surface area contributed by atoms with E-state index in [9.17, 15) is 24.6 Å². The molecule has 1 heterocycles. The summed E-state index contributed by atoms with van der Waals surface area (Å²) < 4.78 is 16.2. The summed E-state index contributed by atoms with van der Waals surface area (Å²) in [6.07, 6.45) is 4.07. The molecule has 0 radical (unpaired) electrons. The monoisotopic (exact) mass is 420 g/mol. The predicted molar refractivity (Wildman–Crippen MR) is 98.5 cm³/mol. The molecule has 1 spiro atoms. The lowest BCUT2D eigenvalue weighted by molar-refractivity contribution is -0.250. The third-order valence-corrected chi connectivity index (χ3v) is 8.77. The Morgan fingerprint density at radius 3 is 2.67 bits per heavy atom. The molecule has 7 aliphatic rings. The number of hydrogen-bond donors (Lipinski definition) is 2. The van der Waals surface area contributed by atoms with Crippen LogP contribution in [-0.4, -0.2) is 58.1 Å². The van der Waals surface area contributed by atoms with Gasteiger partial charge in [0.2, 0.25) is 0 Å². The van der Waals surface area contributed by atoms with Gasteiger partial charge in [-0.25, -0.2) is 4.79 Å². The van der Waals surface area contributed by atoms with E-state index < -0.39 is 59.8 Å². The van der Waals surface area contributed by atoms with Crippen molar-refractivity contribution in [3.8, 4) is 0 Å². The van der Waals surface area contributed by atoms with Crippen LogP contribution in [0.1, 0.15) is 51.9 Å². The molecular weight excluding hydrogens is 392 g/mol. The first kappa shape index (κ1) is 19.0. The lowest BCUT2D eigenvalue weighted by atomic mass is 9.42. The molecule has 8 heteroatoms. The highest BCUT2D eigenvalue weighted by atomic mass is 16.6. The van der Waals surface area contributed by atoms with Crippen LogP contribution in [0.2, 0.25) is 0 Å². The van der Waals surface area contributed by atoms with Crippen LogP contribution in [0.25, 0.3) is 0 Å². The smallest absolute Gasteiger partial charge is 0.344 e.